The van der Waals surface area contributed by atoms with E-state index in [2.05, 4.69) is 16.3 Å². The Labute approximate surface area is 150 Å². The third kappa shape index (κ3) is 4.64. The van der Waals surface area contributed by atoms with Crippen molar-refractivity contribution in [1.29, 1.82) is 0 Å². The van der Waals surface area contributed by atoms with Gasteiger partial charge in [0.1, 0.15) is 5.82 Å². The topological polar surface area (TPSA) is 50.5 Å². The van der Waals surface area contributed by atoms with Gasteiger partial charge in [0.05, 0.1) is 17.9 Å². The van der Waals surface area contributed by atoms with Crippen LogP contribution in [0.2, 0.25) is 0 Å². The number of ether oxygens (including phenoxy) is 1. The second-order valence-electron chi connectivity index (χ2n) is 7.95. The van der Waals surface area contributed by atoms with E-state index in [1.807, 2.05) is 20.8 Å². The Morgan fingerprint density at radius 1 is 1.16 bits per heavy atom. The lowest BCUT2D eigenvalue weighted by Crippen LogP contribution is -2.46. The lowest BCUT2D eigenvalue weighted by atomic mass is 9.86. The summed E-state index contributed by atoms with van der Waals surface area (Å²) in [7, 11) is 0. The molecule has 1 aromatic carbocycles. The van der Waals surface area contributed by atoms with E-state index in [0.29, 0.717) is 12.0 Å². The lowest BCUT2D eigenvalue weighted by molar-refractivity contribution is -0.00542. The molecule has 4 nitrogen and oxygen atoms in total. The van der Waals surface area contributed by atoms with Crippen LogP contribution in [0, 0.1) is 18.7 Å². The molecule has 1 saturated carbocycles. The first-order chi connectivity index (χ1) is 11.9. The Bertz CT molecular complexity index is 553. The first-order valence-electron chi connectivity index (χ1n) is 9.62. The molecule has 2 atom stereocenters. The molecule has 1 aliphatic heterocycles. The van der Waals surface area contributed by atoms with Gasteiger partial charge in [-0.05, 0) is 70.1 Å². The molecule has 2 fully saturated rings. The summed E-state index contributed by atoms with van der Waals surface area (Å²) in [6, 6.07) is 4.08. The summed E-state index contributed by atoms with van der Waals surface area (Å²) in [6.45, 7) is 8.45. The summed E-state index contributed by atoms with van der Waals surface area (Å²) in [6.07, 6.45) is 4.78. The third-order valence-electron chi connectivity index (χ3n) is 5.48. The van der Waals surface area contributed by atoms with Crippen molar-refractivity contribution in [2.45, 2.75) is 64.7 Å². The zero-order valence-electron chi connectivity index (χ0n) is 15.7. The molecule has 0 amide bonds. The van der Waals surface area contributed by atoms with Gasteiger partial charge in [0.2, 0.25) is 0 Å². The van der Waals surface area contributed by atoms with E-state index in [4.69, 9.17) is 10.5 Å². The highest BCUT2D eigenvalue weighted by molar-refractivity contribution is 5.62. The van der Waals surface area contributed by atoms with Crippen LogP contribution in [0.15, 0.2) is 12.1 Å². The van der Waals surface area contributed by atoms with Gasteiger partial charge in [0.15, 0.2) is 0 Å². The molecule has 1 heterocycles. The van der Waals surface area contributed by atoms with Crippen LogP contribution in [-0.4, -0.2) is 37.9 Å². The first-order valence-corrected chi connectivity index (χ1v) is 9.62. The predicted molar refractivity (Wildman–Crippen MR) is 102 cm³/mol. The summed E-state index contributed by atoms with van der Waals surface area (Å²) in [5.74, 6) is 0.498. The zero-order valence-corrected chi connectivity index (χ0v) is 15.7. The Morgan fingerprint density at radius 2 is 1.80 bits per heavy atom. The molecule has 1 saturated heterocycles. The standard InChI is InChI=1S/C20H32FN3O/c1-13-8-18(23-10-16-4-6-17(22)7-5-16)9-19(21)20(13)24-11-14(2)25-15(3)12-24/h8-9,14-17,23H,4-7,10-12,22H2,1-3H3. The fourth-order valence-electron chi connectivity index (χ4n) is 4.25. The van der Waals surface area contributed by atoms with Gasteiger partial charge >= 0.3 is 0 Å². The van der Waals surface area contributed by atoms with Gasteiger partial charge in [-0.2, -0.15) is 0 Å². The third-order valence-corrected chi connectivity index (χ3v) is 5.48. The molecule has 0 spiro atoms. The summed E-state index contributed by atoms with van der Waals surface area (Å²) >= 11 is 0. The molecular formula is C20H32FN3O. The minimum Gasteiger partial charge on any atom is -0.385 e. The molecule has 2 aliphatic rings. The van der Waals surface area contributed by atoms with Gasteiger partial charge in [-0.15, -0.1) is 0 Å². The normalized spacial score (nSPS) is 30.4. The lowest BCUT2D eigenvalue weighted by Gasteiger charge is -2.37. The number of hydrogen-bond donors (Lipinski definition) is 2. The van der Waals surface area contributed by atoms with Crippen LogP contribution in [0.1, 0.15) is 45.1 Å². The number of aryl methyl sites for hydroxylation is 1. The highest BCUT2D eigenvalue weighted by Crippen LogP contribution is 2.31. The van der Waals surface area contributed by atoms with Crippen LogP contribution in [0.5, 0.6) is 0 Å². The Kier molecular flexibility index (Phi) is 5.85. The molecular weight excluding hydrogens is 317 g/mol. The van der Waals surface area contributed by atoms with E-state index in [1.165, 1.54) is 0 Å². The van der Waals surface area contributed by atoms with E-state index in [-0.39, 0.29) is 18.0 Å². The van der Waals surface area contributed by atoms with Crippen LogP contribution in [0.3, 0.4) is 0 Å². The maximum Gasteiger partial charge on any atom is 0.148 e. The van der Waals surface area contributed by atoms with Gasteiger partial charge in [-0.25, -0.2) is 4.39 Å². The van der Waals surface area contributed by atoms with Crippen molar-refractivity contribution >= 4 is 11.4 Å². The van der Waals surface area contributed by atoms with Crippen LogP contribution in [0.25, 0.3) is 0 Å². The number of morpholine rings is 1. The predicted octanol–water partition coefficient (Wildman–Crippen LogP) is 3.68. The van der Waals surface area contributed by atoms with Crippen LogP contribution in [0.4, 0.5) is 15.8 Å². The largest absolute Gasteiger partial charge is 0.385 e. The summed E-state index contributed by atoms with van der Waals surface area (Å²) < 4.78 is 20.6. The van der Waals surface area contributed by atoms with Crippen molar-refractivity contribution in [3.63, 3.8) is 0 Å². The second-order valence-corrected chi connectivity index (χ2v) is 7.95. The van der Waals surface area contributed by atoms with Crippen LogP contribution < -0.4 is 16.0 Å². The maximum atomic E-state index is 14.8. The number of rotatable bonds is 4. The molecule has 1 aliphatic carbocycles. The highest BCUT2D eigenvalue weighted by Gasteiger charge is 2.26. The van der Waals surface area contributed by atoms with Crippen molar-refractivity contribution in [3.05, 3.63) is 23.5 Å². The smallest absolute Gasteiger partial charge is 0.148 e. The second kappa shape index (κ2) is 7.92. The van der Waals surface area contributed by atoms with E-state index < -0.39 is 0 Å². The highest BCUT2D eigenvalue weighted by atomic mass is 19.1. The molecule has 3 rings (SSSR count). The van der Waals surface area contributed by atoms with Gasteiger partial charge in [-0.3, -0.25) is 0 Å². The molecule has 1 aromatic rings. The summed E-state index contributed by atoms with van der Waals surface area (Å²) in [5.41, 5.74) is 8.54. The quantitative estimate of drug-likeness (QED) is 0.871. The molecule has 0 aromatic heterocycles. The van der Waals surface area contributed by atoms with Crippen LogP contribution >= 0.6 is 0 Å². The Balaban J connectivity index is 1.65. The molecule has 140 valence electrons. The average molecular weight is 349 g/mol. The fraction of sp³-hybridized carbons (Fsp3) is 0.700. The van der Waals surface area contributed by atoms with Crippen molar-refractivity contribution in [2.24, 2.45) is 11.7 Å². The SMILES string of the molecule is Cc1cc(NCC2CCC(N)CC2)cc(F)c1N1CC(C)OC(C)C1. The monoisotopic (exact) mass is 349 g/mol. The Hall–Kier alpha value is -1.33. The number of benzene rings is 1. The van der Waals surface area contributed by atoms with Crippen molar-refractivity contribution in [3.8, 4) is 0 Å². The molecule has 0 radical (unpaired) electrons. The van der Waals surface area contributed by atoms with Gasteiger partial charge in [0, 0.05) is 31.4 Å². The van der Waals surface area contributed by atoms with Crippen molar-refractivity contribution in [1.82, 2.24) is 0 Å². The molecule has 2 unspecified atom stereocenters. The van der Waals surface area contributed by atoms with Gasteiger partial charge < -0.3 is 20.7 Å². The number of nitrogens with one attached hydrogen (secondary N) is 1. The fourth-order valence-corrected chi connectivity index (χ4v) is 4.25. The minimum absolute atomic E-state index is 0.123. The van der Waals surface area contributed by atoms with E-state index >= 15 is 0 Å². The molecule has 25 heavy (non-hydrogen) atoms. The van der Waals surface area contributed by atoms with E-state index in [0.717, 1.165) is 62.3 Å². The van der Waals surface area contributed by atoms with Crippen molar-refractivity contribution < 1.29 is 9.13 Å². The molecule has 3 N–H and O–H groups in total. The number of nitrogens with zero attached hydrogens (tertiary/aromatic N) is 1. The van der Waals surface area contributed by atoms with Gasteiger partial charge in [-0.1, -0.05) is 0 Å². The Morgan fingerprint density at radius 3 is 2.40 bits per heavy atom. The van der Waals surface area contributed by atoms with E-state index in [1.54, 1.807) is 6.07 Å². The van der Waals surface area contributed by atoms with E-state index in [9.17, 15) is 4.39 Å². The van der Waals surface area contributed by atoms with Crippen molar-refractivity contribution in [2.75, 3.05) is 29.9 Å². The molecule has 0 bridgehead atoms. The van der Waals surface area contributed by atoms with Gasteiger partial charge in [0.25, 0.3) is 0 Å². The molecule has 5 heteroatoms. The maximum absolute atomic E-state index is 14.8. The summed E-state index contributed by atoms with van der Waals surface area (Å²) in [5, 5.41) is 3.43. The minimum atomic E-state index is -0.144. The number of halogens is 1. The number of nitrogens with two attached hydrogens (primary N) is 1. The average Bonchev–Trinajstić information content (AvgIpc) is 2.53. The number of anilines is 2. The van der Waals surface area contributed by atoms with Crippen LogP contribution in [-0.2, 0) is 4.74 Å². The summed E-state index contributed by atoms with van der Waals surface area (Å²) in [4.78, 5) is 2.12. The number of hydrogen-bond acceptors (Lipinski definition) is 4. The first kappa shape index (κ1) is 18.5. The zero-order chi connectivity index (χ0) is 18.0.